The van der Waals surface area contributed by atoms with Gasteiger partial charge < -0.3 is 10.4 Å². The van der Waals surface area contributed by atoms with E-state index in [9.17, 15) is 9.90 Å². The highest BCUT2D eigenvalue weighted by Crippen LogP contribution is 2.38. The lowest BCUT2D eigenvalue weighted by Gasteiger charge is -2.38. The number of amides is 1. The third-order valence-electron chi connectivity index (χ3n) is 4.62. The third-order valence-corrected chi connectivity index (χ3v) is 4.62. The quantitative estimate of drug-likeness (QED) is 0.687. The summed E-state index contributed by atoms with van der Waals surface area (Å²) in [5.74, 6) is 0.00174. The first-order valence-corrected chi connectivity index (χ1v) is 8.03. The Hall–Kier alpha value is -2.73. The fourth-order valence-corrected chi connectivity index (χ4v) is 3.23. The number of aromatic amines is 1. The van der Waals surface area contributed by atoms with Crippen molar-refractivity contribution in [2.24, 2.45) is 5.92 Å². The van der Waals surface area contributed by atoms with E-state index < -0.39 is 0 Å². The molecule has 1 atom stereocenters. The van der Waals surface area contributed by atoms with E-state index in [-0.39, 0.29) is 24.0 Å². The van der Waals surface area contributed by atoms with E-state index in [1.165, 1.54) is 0 Å². The summed E-state index contributed by atoms with van der Waals surface area (Å²) >= 11 is 0. The van der Waals surface area contributed by atoms with Gasteiger partial charge in [0.1, 0.15) is 5.69 Å². The number of aliphatic hydroxyl groups is 1. The van der Waals surface area contributed by atoms with Crippen LogP contribution in [0.2, 0.25) is 0 Å². The van der Waals surface area contributed by atoms with Crippen LogP contribution < -0.4 is 5.32 Å². The first-order valence-electron chi connectivity index (χ1n) is 8.03. The van der Waals surface area contributed by atoms with Crippen molar-refractivity contribution in [2.45, 2.75) is 25.0 Å². The van der Waals surface area contributed by atoms with Gasteiger partial charge in [0.15, 0.2) is 0 Å². The molecule has 0 bridgehead atoms. The molecule has 24 heavy (non-hydrogen) atoms. The van der Waals surface area contributed by atoms with Crippen molar-refractivity contribution >= 4 is 16.8 Å². The van der Waals surface area contributed by atoms with Gasteiger partial charge in [0.05, 0.1) is 17.7 Å². The second-order valence-corrected chi connectivity index (χ2v) is 6.27. The molecule has 0 unspecified atom stereocenters. The molecule has 6 heteroatoms. The molecule has 2 heterocycles. The number of para-hydroxylation sites is 1. The van der Waals surface area contributed by atoms with Gasteiger partial charge in [-0.25, -0.2) is 0 Å². The van der Waals surface area contributed by atoms with Crippen LogP contribution in [0.4, 0.5) is 0 Å². The normalized spacial score (nSPS) is 21.2. The largest absolute Gasteiger partial charge is 0.393 e. The van der Waals surface area contributed by atoms with Crippen molar-refractivity contribution in [3.63, 3.8) is 0 Å². The Balaban J connectivity index is 1.65. The molecule has 6 nitrogen and oxygen atoms in total. The molecule has 0 saturated heterocycles. The fourth-order valence-electron chi connectivity index (χ4n) is 3.23. The molecule has 1 aliphatic carbocycles. The number of hydrogen-bond donors (Lipinski definition) is 3. The summed E-state index contributed by atoms with van der Waals surface area (Å²) in [7, 11) is 0. The van der Waals surface area contributed by atoms with Crippen molar-refractivity contribution in [2.75, 3.05) is 0 Å². The van der Waals surface area contributed by atoms with Gasteiger partial charge in [-0.1, -0.05) is 18.2 Å². The maximum Gasteiger partial charge on any atom is 0.269 e. The van der Waals surface area contributed by atoms with E-state index >= 15 is 0 Å². The van der Waals surface area contributed by atoms with E-state index in [0.29, 0.717) is 18.5 Å². The summed E-state index contributed by atoms with van der Waals surface area (Å²) in [6.07, 6.45) is 4.44. The zero-order valence-electron chi connectivity index (χ0n) is 13.0. The van der Waals surface area contributed by atoms with Crippen molar-refractivity contribution < 1.29 is 9.90 Å². The first-order chi connectivity index (χ1) is 11.7. The minimum Gasteiger partial charge on any atom is -0.393 e. The van der Waals surface area contributed by atoms with Crippen LogP contribution in [0, 0.1) is 5.92 Å². The highest BCUT2D eigenvalue weighted by Gasteiger charge is 2.36. The van der Waals surface area contributed by atoms with E-state index in [4.69, 9.17) is 0 Å². The number of hydrogen-bond acceptors (Lipinski definition) is 4. The lowest BCUT2D eigenvalue weighted by molar-refractivity contribution is 0.0234. The monoisotopic (exact) mass is 322 g/mol. The highest BCUT2D eigenvalue weighted by molar-refractivity contribution is 5.92. The van der Waals surface area contributed by atoms with Crippen LogP contribution in [0.1, 0.15) is 34.9 Å². The number of nitrogens with one attached hydrogen (secondary N) is 2. The standard InChI is InChI=1S/C18H18N4O2/c23-14-8-12(9-14)17(21-18(24)16-5-6-20-22-16)13-7-11-3-1-2-4-15(11)19-10-13/h1-7,10,12,14,17,23H,8-9H2,(H,20,22)(H,21,24)/t12?,14?,17-/m0/s1. The van der Waals surface area contributed by atoms with Crippen LogP contribution in [0.15, 0.2) is 48.8 Å². The molecular formula is C18H18N4O2. The average Bonchev–Trinajstić information content (AvgIpc) is 3.11. The van der Waals surface area contributed by atoms with Gasteiger partial charge >= 0.3 is 0 Å². The number of rotatable bonds is 4. The summed E-state index contributed by atoms with van der Waals surface area (Å²) in [6.45, 7) is 0. The molecule has 4 rings (SSSR count). The predicted molar refractivity (Wildman–Crippen MR) is 89.3 cm³/mol. The summed E-state index contributed by atoms with van der Waals surface area (Å²) in [5, 5.41) is 20.3. The van der Waals surface area contributed by atoms with Crippen LogP contribution in [0.25, 0.3) is 10.9 Å². The Labute approximate surface area is 138 Å². The Morgan fingerprint density at radius 1 is 1.29 bits per heavy atom. The molecule has 122 valence electrons. The summed E-state index contributed by atoms with van der Waals surface area (Å²) in [6, 6.07) is 11.4. The second kappa shape index (κ2) is 6.05. The second-order valence-electron chi connectivity index (χ2n) is 6.27. The summed E-state index contributed by atoms with van der Waals surface area (Å²) in [5.41, 5.74) is 2.31. The molecule has 1 saturated carbocycles. The molecule has 0 spiro atoms. The van der Waals surface area contributed by atoms with Crippen molar-refractivity contribution in [3.8, 4) is 0 Å². The first kappa shape index (κ1) is 14.8. The molecule has 1 fully saturated rings. The molecule has 1 aromatic carbocycles. The van der Waals surface area contributed by atoms with Gasteiger partial charge in [-0.15, -0.1) is 0 Å². The summed E-state index contributed by atoms with van der Waals surface area (Å²) in [4.78, 5) is 16.9. The zero-order valence-corrected chi connectivity index (χ0v) is 13.0. The molecule has 3 aromatic rings. The van der Waals surface area contributed by atoms with Gasteiger partial charge in [0, 0.05) is 17.8 Å². The maximum atomic E-state index is 12.4. The number of aromatic nitrogens is 3. The lowest BCUT2D eigenvalue weighted by atomic mass is 9.75. The zero-order chi connectivity index (χ0) is 16.5. The molecule has 2 aromatic heterocycles. The molecule has 1 amide bonds. The lowest BCUT2D eigenvalue weighted by Crippen LogP contribution is -2.41. The fraction of sp³-hybridized carbons (Fsp3) is 0.278. The highest BCUT2D eigenvalue weighted by atomic mass is 16.3. The number of H-pyrrole nitrogens is 1. The number of benzene rings is 1. The Morgan fingerprint density at radius 2 is 2.12 bits per heavy atom. The van der Waals surface area contributed by atoms with Gasteiger partial charge in [-0.3, -0.25) is 14.9 Å². The molecule has 1 aliphatic rings. The van der Waals surface area contributed by atoms with Gasteiger partial charge in [-0.2, -0.15) is 5.10 Å². The predicted octanol–water partition coefficient (Wildman–Crippen LogP) is 2.20. The number of nitrogens with zero attached hydrogens (tertiary/aromatic N) is 2. The Bertz CT molecular complexity index is 856. The minimum atomic E-state index is -0.282. The third kappa shape index (κ3) is 2.76. The van der Waals surface area contributed by atoms with Crippen molar-refractivity contribution in [1.29, 1.82) is 0 Å². The van der Waals surface area contributed by atoms with Gasteiger partial charge in [-0.05, 0) is 42.5 Å². The van der Waals surface area contributed by atoms with Gasteiger partial charge in [0.25, 0.3) is 5.91 Å². The molecule has 0 aliphatic heterocycles. The van der Waals surface area contributed by atoms with E-state index in [2.05, 4.69) is 26.6 Å². The van der Waals surface area contributed by atoms with Crippen molar-refractivity contribution in [1.82, 2.24) is 20.5 Å². The maximum absolute atomic E-state index is 12.4. The van der Waals surface area contributed by atoms with Crippen LogP contribution >= 0.6 is 0 Å². The minimum absolute atomic E-state index is 0.179. The number of pyridine rings is 1. The number of carbonyl (C=O) groups excluding carboxylic acids is 1. The van der Waals surface area contributed by atoms with Crippen molar-refractivity contribution in [3.05, 3.63) is 60.0 Å². The smallest absolute Gasteiger partial charge is 0.269 e. The number of aliphatic hydroxyl groups excluding tert-OH is 1. The molecule has 0 radical (unpaired) electrons. The van der Waals surface area contributed by atoms with Crippen LogP contribution in [-0.2, 0) is 0 Å². The van der Waals surface area contributed by atoms with E-state index in [0.717, 1.165) is 16.5 Å². The number of fused-ring (bicyclic) bond motifs is 1. The Morgan fingerprint density at radius 3 is 2.88 bits per heavy atom. The SMILES string of the molecule is O=C(N[C@H](c1cnc2ccccc2c1)C1CC(O)C1)c1ccn[nH]1. The van der Waals surface area contributed by atoms with Gasteiger partial charge in [0.2, 0.25) is 0 Å². The topological polar surface area (TPSA) is 90.9 Å². The molecule has 3 N–H and O–H groups in total. The molecular weight excluding hydrogens is 304 g/mol. The van der Waals surface area contributed by atoms with E-state index in [1.807, 2.05) is 30.5 Å². The Kier molecular flexibility index (Phi) is 3.74. The van der Waals surface area contributed by atoms with Crippen LogP contribution in [0.3, 0.4) is 0 Å². The van der Waals surface area contributed by atoms with Crippen LogP contribution in [-0.4, -0.2) is 32.3 Å². The summed E-state index contributed by atoms with van der Waals surface area (Å²) < 4.78 is 0. The average molecular weight is 322 g/mol. The number of carbonyl (C=O) groups is 1. The van der Waals surface area contributed by atoms with E-state index in [1.54, 1.807) is 12.3 Å². The van der Waals surface area contributed by atoms with Crippen LogP contribution in [0.5, 0.6) is 0 Å².